The molecule has 1 unspecified atom stereocenters. The van der Waals surface area contributed by atoms with Crippen LogP contribution in [0.25, 0.3) is 0 Å². The van der Waals surface area contributed by atoms with Crippen LogP contribution in [-0.2, 0) is 11.3 Å². The highest BCUT2D eigenvalue weighted by Crippen LogP contribution is 2.13. The zero-order valence-electron chi connectivity index (χ0n) is 10.1. The van der Waals surface area contributed by atoms with Crippen molar-refractivity contribution < 1.29 is 4.74 Å². The van der Waals surface area contributed by atoms with Crippen LogP contribution in [0.5, 0.6) is 0 Å². The Morgan fingerprint density at radius 2 is 2.12 bits per heavy atom. The maximum Gasteiger partial charge on any atom is 0.0593 e. The zero-order valence-corrected chi connectivity index (χ0v) is 10.1. The molecule has 0 spiro atoms. The minimum Gasteiger partial charge on any atom is -0.380 e. The molecule has 2 heteroatoms. The molecule has 1 saturated heterocycles. The quantitative estimate of drug-likeness (QED) is 0.774. The molecule has 0 bridgehead atoms. The SMILES string of the molecule is CCC1COCCN(Cc2ccccc2)C1. The van der Waals surface area contributed by atoms with Crippen LogP contribution >= 0.6 is 0 Å². The number of rotatable bonds is 3. The largest absolute Gasteiger partial charge is 0.380 e. The van der Waals surface area contributed by atoms with Crippen LogP contribution in [0.2, 0.25) is 0 Å². The van der Waals surface area contributed by atoms with Crippen LogP contribution < -0.4 is 0 Å². The lowest BCUT2D eigenvalue weighted by molar-refractivity contribution is 0.121. The summed E-state index contributed by atoms with van der Waals surface area (Å²) in [7, 11) is 0. The first-order chi connectivity index (χ1) is 7.88. The monoisotopic (exact) mass is 219 g/mol. The van der Waals surface area contributed by atoms with Crippen molar-refractivity contribution in [3.8, 4) is 0 Å². The summed E-state index contributed by atoms with van der Waals surface area (Å²) < 4.78 is 5.62. The van der Waals surface area contributed by atoms with Gasteiger partial charge < -0.3 is 4.74 Å². The van der Waals surface area contributed by atoms with E-state index < -0.39 is 0 Å². The van der Waals surface area contributed by atoms with E-state index in [-0.39, 0.29) is 0 Å². The van der Waals surface area contributed by atoms with Crippen molar-refractivity contribution in [3.05, 3.63) is 35.9 Å². The number of hydrogen-bond acceptors (Lipinski definition) is 2. The second-order valence-corrected chi connectivity index (χ2v) is 4.57. The van der Waals surface area contributed by atoms with Gasteiger partial charge in [0.1, 0.15) is 0 Å². The molecule has 0 radical (unpaired) electrons. The van der Waals surface area contributed by atoms with E-state index in [4.69, 9.17) is 4.74 Å². The lowest BCUT2D eigenvalue weighted by Gasteiger charge is -2.22. The molecule has 1 fully saturated rings. The van der Waals surface area contributed by atoms with Gasteiger partial charge in [-0.3, -0.25) is 4.90 Å². The smallest absolute Gasteiger partial charge is 0.0593 e. The molecule has 0 aromatic heterocycles. The van der Waals surface area contributed by atoms with Gasteiger partial charge in [0, 0.05) is 19.6 Å². The molecule has 2 rings (SSSR count). The van der Waals surface area contributed by atoms with Crippen LogP contribution in [0.15, 0.2) is 30.3 Å². The van der Waals surface area contributed by atoms with Crippen molar-refractivity contribution in [2.45, 2.75) is 19.9 Å². The van der Waals surface area contributed by atoms with Crippen molar-refractivity contribution >= 4 is 0 Å². The lowest BCUT2D eigenvalue weighted by Crippen LogP contribution is -2.29. The summed E-state index contributed by atoms with van der Waals surface area (Å²) in [6.45, 7) is 7.35. The first kappa shape index (κ1) is 11.6. The Morgan fingerprint density at radius 1 is 1.31 bits per heavy atom. The molecule has 0 saturated carbocycles. The van der Waals surface area contributed by atoms with Crippen LogP contribution in [0.3, 0.4) is 0 Å². The van der Waals surface area contributed by atoms with E-state index in [1.807, 2.05) is 0 Å². The Hall–Kier alpha value is -0.860. The average molecular weight is 219 g/mol. The van der Waals surface area contributed by atoms with Crippen molar-refractivity contribution in [2.24, 2.45) is 5.92 Å². The van der Waals surface area contributed by atoms with E-state index in [2.05, 4.69) is 42.2 Å². The molecule has 1 aromatic carbocycles. The van der Waals surface area contributed by atoms with E-state index in [1.165, 1.54) is 18.5 Å². The van der Waals surface area contributed by atoms with E-state index >= 15 is 0 Å². The summed E-state index contributed by atoms with van der Waals surface area (Å²) in [4.78, 5) is 2.51. The van der Waals surface area contributed by atoms with Crippen LogP contribution in [-0.4, -0.2) is 31.2 Å². The first-order valence-electron chi connectivity index (χ1n) is 6.22. The molecule has 0 aliphatic carbocycles. The first-order valence-corrected chi connectivity index (χ1v) is 6.22. The van der Waals surface area contributed by atoms with Gasteiger partial charge in [-0.2, -0.15) is 0 Å². The van der Waals surface area contributed by atoms with Gasteiger partial charge >= 0.3 is 0 Å². The number of benzene rings is 1. The fourth-order valence-corrected chi connectivity index (χ4v) is 2.18. The predicted octanol–water partition coefficient (Wildman–Crippen LogP) is 2.55. The third kappa shape index (κ3) is 3.32. The Balaban J connectivity index is 1.93. The van der Waals surface area contributed by atoms with Crippen molar-refractivity contribution in [3.63, 3.8) is 0 Å². The normalized spacial score (nSPS) is 22.9. The summed E-state index contributed by atoms with van der Waals surface area (Å²) in [5.74, 6) is 0.700. The zero-order chi connectivity index (χ0) is 11.2. The van der Waals surface area contributed by atoms with Crippen LogP contribution in [0, 0.1) is 5.92 Å². The van der Waals surface area contributed by atoms with Gasteiger partial charge in [0.25, 0.3) is 0 Å². The minimum atomic E-state index is 0.700. The third-order valence-electron chi connectivity index (χ3n) is 3.25. The Kier molecular flexibility index (Phi) is 4.37. The van der Waals surface area contributed by atoms with E-state index in [9.17, 15) is 0 Å². The second-order valence-electron chi connectivity index (χ2n) is 4.57. The summed E-state index contributed by atoms with van der Waals surface area (Å²) >= 11 is 0. The molecule has 1 aromatic rings. The molecule has 16 heavy (non-hydrogen) atoms. The Bertz CT molecular complexity index is 299. The standard InChI is InChI=1S/C14H21NO/c1-2-13-10-15(8-9-16-12-13)11-14-6-4-3-5-7-14/h3-7,13H,2,8-12H2,1H3. The highest BCUT2D eigenvalue weighted by Gasteiger charge is 2.16. The van der Waals surface area contributed by atoms with Gasteiger partial charge in [-0.05, 0) is 17.9 Å². The topological polar surface area (TPSA) is 12.5 Å². The maximum absolute atomic E-state index is 5.62. The van der Waals surface area contributed by atoms with Gasteiger partial charge in [0.05, 0.1) is 13.2 Å². The summed E-state index contributed by atoms with van der Waals surface area (Å²) in [6, 6.07) is 10.7. The number of ether oxygens (including phenoxy) is 1. The van der Waals surface area contributed by atoms with E-state index in [1.54, 1.807) is 0 Å². The van der Waals surface area contributed by atoms with Gasteiger partial charge in [0.15, 0.2) is 0 Å². The summed E-state index contributed by atoms with van der Waals surface area (Å²) in [6.07, 6.45) is 1.21. The second kappa shape index (κ2) is 6.02. The minimum absolute atomic E-state index is 0.700. The molecule has 0 amide bonds. The van der Waals surface area contributed by atoms with Crippen LogP contribution in [0.1, 0.15) is 18.9 Å². The fraction of sp³-hybridized carbons (Fsp3) is 0.571. The van der Waals surface area contributed by atoms with Crippen molar-refractivity contribution in [1.29, 1.82) is 0 Å². The molecule has 0 N–H and O–H groups in total. The van der Waals surface area contributed by atoms with E-state index in [0.717, 1.165) is 26.3 Å². The summed E-state index contributed by atoms with van der Waals surface area (Å²) in [5, 5.41) is 0. The maximum atomic E-state index is 5.62. The summed E-state index contributed by atoms with van der Waals surface area (Å²) in [5.41, 5.74) is 1.40. The molecule has 1 heterocycles. The highest BCUT2D eigenvalue weighted by atomic mass is 16.5. The Labute approximate surface area is 98.2 Å². The highest BCUT2D eigenvalue weighted by molar-refractivity contribution is 5.14. The van der Waals surface area contributed by atoms with Crippen molar-refractivity contribution in [1.82, 2.24) is 4.90 Å². The fourth-order valence-electron chi connectivity index (χ4n) is 2.18. The van der Waals surface area contributed by atoms with Gasteiger partial charge in [-0.25, -0.2) is 0 Å². The van der Waals surface area contributed by atoms with Gasteiger partial charge in [-0.1, -0.05) is 37.3 Å². The molecular formula is C14H21NO. The van der Waals surface area contributed by atoms with Crippen molar-refractivity contribution in [2.75, 3.05) is 26.3 Å². The molecule has 1 aliphatic rings. The Morgan fingerprint density at radius 3 is 2.88 bits per heavy atom. The van der Waals surface area contributed by atoms with Crippen LogP contribution in [0.4, 0.5) is 0 Å². The molecular weight excluding hydrogens is 198 g/mol. The molecule has 1 aliphatic heterocycles. The molecule has 88 valence electrons. The average Bonchev–Trinajstić information content (AvgIpc) is 2.55. The molecule has 1 atom stereocenters. The third-order valence-corrected chi connectivity index (χ3v) is 3.25. The van der Waals surface area contributed by atoms with E-state index in [0.29, 0.717) is 5.92 Å². The van der Waals surface area contributed by atoms with Gasteiger partial charge in [0.2, 0.25) is 0 Å². The molecule has 2 nitrogen and oxygen atoms in total. The van der Waals surface area contributed by atoms with Gasteiger partial charge in [-0.15, -0.1) is 0 Å². The predicted molar refractivity (Wildman–Crippen MR) is 66.3 cm³/mol. The lowest BCUT2D eigenvalue weighted by atomic mass is 10.1. The number of nitrogens with zero attached hydrogens (tertiary/aromatic N) is 1. The number of hydrogen-bond donors (Lipinski definition) is 0.